The van der Waals surface area contributed by atoms with E-state index in [-0.39, 0.29) is 22.7 Å². The molecule has 2 rings (SSSR count). The van der Waals surface area contributed by atoms with Crippen molar-refractivity contribution in [1.29, 1.82) is 0 Å². The van der Waals surface area contributed by atoms with Gasteiger partial charge in [-0.05, 0) is 12.1 Å². The molecular formula is C11H10F3N3O. The first kappa shape index (κ1) is 12.6. The Morgan fingerprint density at radius 3 is 2.72 bits per heavy atom. The summed E-state index contributed by atoms with van der Waals surface area (Å²) in [5, 5.41) is 12.6. The van der Waals surface area contributed by atoms with Crippen LogP contribution in [0.25, 0.3) is 11.4 Å². The summed E-state index contributed by atoms with van der Waals surface area (Å²) in [4.78, 5) is 3.92. The molecule has 18 heavy (non-hydrogen) atoms. The molecule has 0 saturated carbocycles. The van der Waals surface area contributed by atoms with Crippen LogP contribution in [0.2, 0.25) is 0 Å². The van der Waals surface area contributed by atoms with Crippen molar-refractivity contribution in [3.8, 4) is 11.4 Å². The molecule has 4 nitrogen and oxygen atoms in total. The lowest BCUT2D eigenvalue weighted by Gasteiger charge is -2.16. The molecule has 0 aliphatic carbocycles. The summed E-state index contributed by atoms with van der Waals surface area (Å²) in [5.41, 5.74) is 0.488. The maximum absolute atomic E-state index is 13.3. The van der Waals surface area contributed by atoms with Crippen molar-refractivity contribution in [2.45, 2.75) is 12.7 Å². The fourth-order valence-electron chi connectivity index (χ4n) is 1.60. The van der Waals surface area contributed by atoms with E-state index in [0.29, 0.717) is 5.56 Å². The Morgan fingerprint density at radius 1 is 1.28 bits per heavy atom. The Kier molecular flexibility index (Phi) is 3.33. The second-order valence-corrected chi connectivity index (χ2v) is 3.60. The Bertz CT molecular complexity index is 542. The van der Waals surface area contributed by atoms with Crippen LogP contribution >= 0.6 is 0 Å². The average molecular weight is 257 g/mol. The molecule has 0 bridgehead atoms. The quantitative estimate of drug-likeness (QED) is 0.910. The van der Waals surface area contributed by atoms with Crippen molar-refractivity contribution in [1.82, 2.24) is 14.8 Å². The van der Waals surface area contributed by atoms with Gasteiger partial charge in [-0.1, -0.05) is 6.07 Å². The minimum atomic E-state index is -3.73. The number of halogens is 3. The lowest BCUT2D eigenvalue weighted by molar-refractivity contribution is -0.108. The standard InChI is InChI=1S/C11H10F3N3O/c12-7-11(13,14)17-9(3-5-16-17)10-8(6-18)2-1-4-15-10/h1-5,18H,6-7H2. The molecule has 7 heteroatoms. The summed E-state index contributed by atoms with van der Waals surface area (Å²) in [6.45, 7) is -2.21. The maximum Gasteiger partial charge on any atom is 0.372 e. The van der Waals surface area contributed by atoms with Crippen molar-refractivity contribution in [3.63, 3.8) is 0 Å². The molecule has 0 amide bonds. The van der Waals surface area contributed by atoms with Crippen molar-refractivity contribution in [2.24, 2.45) is 0 Å². The number of nitrogens with zero attached hydrogens (tertiary/aromatic N) is 3. The third kappa shape index (κ3) is 2.08. The first-order chi connectivity index (χ1) is 8.60. The topological polar surface area (TPSA) is 50.9 Å². The van der Waals surface area contributed by atoms with Crippen LogP contribution in [0.3, 0.4) is 0 Å². The maximum atomic E-state index is 13.3. The van der Waals surface area contributed by atoms with Gasteiger partial charge >= 0.3 is 6.05 Å². The summed E-state index contributed by atoms with van der Waals surface area (Å²) in [6, 6.07) is 0.685. The number of pyridine rings is 1. The van der Waals surface area contributed by atoms with Gasteiger partial charge in [-0.2, -0.15) is 18.6 Å². The van der Waals surface area contributed by atoms with E-state index >= 15 is 0 Å². The van der Waals surface area contributed by atoms with E-state index in [1.54, 1.807) is 12.1 Å². The van der Waals surface area contributed by atoms with Crippen LogP contribution in [0, 0.1) is 0 Å². The molecule has 96 valence electrons. The first-order valence-electron chi connectivity index (χ1n) is 5.13. The first-order valence-corrected chi connectivity index (χ1v) is 5.13. The van der Waals surface area contributed by atoms with Crippen molar-refractivity contribution in [3.05, 3.63) is 36.2 Å². The molecule has 0 aromatic carbocycles. The number of hydrogen-bond donors (Lipinski definition) is 1. The summed E-state index contributed by atoms with van der Waals surface area (Å²) >= 11 is 0. The van der Waals surface area contributed by atoms with Crippen LogP contribution in [0.5, 0.6) is 0 Å². The smallest absolute Gasteiger partial charge is 0.372 e. The van der Waals surface area contributed by atoms with Gasteiger partial charge in [0, 0.05) is 18.0 Å². The molecular weight excluding hydrogens is 247 g/mol. The van der Waals surface area contributed by atoms with Gasteiger partial charge in [-0.15, -0.1) is 0 Å². The third-order valence-electron chi connectivity index (χ3n) is 2.42. The number of alkyl halides is 3. The molecule has 0 saturated heterocycles. The van der Waals surface area contributed by atoms with E-state index in [1.165, 1.54) is 12.3 Å². The van der Waals surface area contributed by atoms with Gasteiger partial charge in [0.25, 0.3) is 0 Å². The molecule has 1 N–H and O–H groups in total. The summed E-state index contributed by atoms with van der Waals surface area (Å²) in [6.07, 6.45) is 2.54. The molecule has 0 spiro atoms. The van der Waals surface area contributed by atoms with E-state index in [4.69, 9.17) is 5.11 Å². The highest BCUT2D eigenvalue weighted by molar-refractivity contribution is 5.58. The fraction of sp³-hybridized carbons (Fsp3) is 0.273. The Labute approximate surface area is 101 Å². The molecule has 0 aliphatic rings. The Balaban J connectivity index is 2.56. The van der Waals surface area contributed by atoms with Crippen molar-refractivity contribution in [2.75, 3.05) is 6.67 Å². The molecule has 0 aliphatic heterocycles. The molecule has 2 heterocycles. The van der Waals surface area contributed by atoms with E-state index in [9.17, 15) is 13.2 Å². The van der Waals surface area contributed by atoms with Crippen LogP contribution in [-0.4, -0.2) is 26.5 Å². The lowest BCUT2D eigenvalue weighted by atomic mass is 10.1. The SMILES string of the molecule is OCc1cccnc1-c1ccnn1C(F)(F)CF. The molecule has 2 aromatic heterocycles. The predicted molar refractivity (Wildman–Crippen MR) is 57.5 cm³/mol. The number of hydrogen-bond acceptors (Lipinski definition) is 3. The normalized spacial score (nSPS) is 11.8. The van der Waals surface area contributed by atoms with E-state index < -0.39 is 12.7 Å². The van der Waals surface area contributed by atoms with E-state index in [0.717, 1.165) is 6.20 Å². The Hall–Kier alpha value is -1.89. The van der Waals surface area contributed by atoms with Gasteiger partial charge in [0.2, 0.25) is 0 Å². The summed E-state index contributed by atoms with van der Waals surface area (Å²) in [7, 11) is 0. The Morgan fingerprint density at radius 2 is 2.06 bits per heavy atom. The largest absolute Gasteiger partial charge is 0.392 e. The molecule has 0 unspecified atom stereocenters. The molecule has 2 aromatic rings. The van der Waals surface area contributed by atoms with Crippen molar-refractivity contribution < 1.29 is 18.3 Å². The minimum Gasteiger partial charge on any atom is -0.392 e. The third-order valence-corrected chi connectivity index (χ3v) is 2.42. The van der Waals surface area contributed by atoms with Gasteiger partial charge in [-0.25, -0.2) is 4.39 Å². The predicted octanol–water partition coefficient (Wildman–Crippen LogP) is 1.96. The fourth-order valence-corrected chi connectivity index (χ4v) is 1.60. The highest BCUT2D eigenvalue weighted by Gasteiger charge is 2.35. The van der Waals surface area contributed by atoms with Crippen LogP contribution in [0.4, 0.5) is 13.2 Å². The zero-order valence-corrected chi connectivity index (χ0v) is 9.22. The molecule has 0 fully saturated rings. The zero-order valence-electron chi connectivity index (χ0n) is 9.22. The van der Waals surface area contributed by atoms with E-state index in [2.05, 4.69) is 10.1 Å². The minimum absolute atomic E-state index is 0.0395. The van der Waals surface area contributed by atoms with Crippen LogP contribution in [0.1, 0.15) is 5.56 Å². The second-order valence-electron chi connectivity index (χ2n) is 3.60. The second kappa shape index (κ2) is 4.77. The lowest BCUT2D eigenvalue weighted by Crippen LogP contribution is -2.27. The van der Waals surface area contributed by atoms with Gasteiger partial charge < -0.3 is 5.11 Å². The van der Waals surface area contributed by atoms with Gasteiger partial charge in [0.15, 0.2) is 6.67 Å². The van der Waals surface area contributed by atoms with Crippen LogP contribution in [-0.2, 0) is 12.7 Å². The van der Waals surface area contributed by atoms with Crippen LogP contribution < -0.4 is 0 Å². The number of aliphatic hydroxyl groups is 1. The average Bonchev–Trinajstić information content (AvgIpc) is 2.88. The summed E-state index contributed by atoms with van der Waals surface area (Å²) < 4.78 is 39.3. The number of aliphatic hydroxyl groups excluding tert-OH is 1. The van der Waals surface area contributed by atoms with E-state index in [1.807, 2.05) is 0 Å². The van der Waals surface area contributed by atoms with Gasteiger partial charge in [0.05, 0.1) is 18.0 Å². The van der Waals surface area contributed by atoms with Gasteiger partial charge in [0.1, 0.15) is 0 Å². The number of aromatic nitrogens is 3. The van der Waals surface area contributed by atoms with Crippen molar-refractivity contribution >= 4 is 0 Å². The van der Waals surface area contributed by atoms with Gasteiger partial charge in [-0.3, -0.25) is 4.98 Å². The zero-order chi connectivity index (χ0) is 13.2. The molecule has 0 radical (unpaired) electrons. The molecule has 0 atom stereocenters. The number of rotatable bonds is 4. The van der Waals surface area contributed by atoms with Crippen LogP contribution in [0.15, 0.2) is 30.6 Å². The summed E-state index contributed by atoms with van der Waals surface area (Å²) in [5.74, 6) is 0. The highest BCUT2D eigenvalue weighted by Crippen LogP contribution is 2.29. The monoisotopic (exact) mass is 257 g/mol. The highest BCUT2D eigenvalue weighted by atomic mass is 19.3.